The number of amidine groups is 1. The third kappa shape index (κ3) is 3.32. The predicted octanol–water partition coefficient (Wildman–Crippen LogP) is -0.0320. The van der Waals surface area contributed by atoms with E-state index in [9.17, 15) is 5.11 Å². The Balaban J connectivity index is 0.00000210. The quantitative estimate of drug-likeness (QED) is 0.689. The lowest BCUT2D eigenvalue weighted by molar-refractivity contribution is -0.661. The van der Waals surface area contributed by atoms with Crippen LogP contribution in [0.1, 0.15) is 24.8 Å². The summed E-state index contributed by atoms with van der Waals surface area (Å²) in [5.74, 6) is 2.50. The first-order valence-electron chi connectivity index (χ1n) is 9.08. The van der Waals surface area contributed by atoms with E-state index in [1.807, 2.05) is 36.4 Å². The summed E-state index contributed by atoms with van der Waals surface area (Å²) in [6.07, 6.45) is 3.21. The summed E-state index contributed by atoms with van der Waals surface area (Å²) in [4.78, 5) is 2.25. The van der Waals surface area contributed by atoms with Crippen molar-refractivity contribution in [2.75, 3.05) is 32.2 Å². The number of nitrogens with zero attached hydrogens (tertiary/aromatic N) is 2. The van der Waals surface area contributed by atoms with Crippen LogP contribution in [0.4, 0.5) is 5.69 Å². The molecule has 0 aromatic heterocycles. The van der Waals surface area contributed by atoms with Crippen LogP contribution in [0.3, 0.4) is 0 Å². The van der Waals surface area contributed by atoms with Crippen molar-refractivity contribution < 1.29 is 36.1 Å². The number of hydrogen-bond acceptors (Lipinski definition) is 4. The maximum absolute atomic E-state index is 11.7. The number of rotatable bonds is 4. The molecule has 1 N–H and O–H groups in total. The van der Waals surface area contributed by atoms with Gasteiger partial charge in [-0.25, -0.2) is 9.48 Å². The van der Waals surface area contributed by atoms with Crippen molar-refractivity contribution in [3.05, 3.63) is 54.1 Å². The Morgan fingerprint density at radius 1 is 1.00 bits per heavy atom. The number of anilines is 1. The zero-order valence-electron chi connectivity index (χ0n) is 15.7. The van der Waals surface area contributed by atoms with Crippen molar-refractivity contribution in [2.24, 2.45) is 0 Å². The van der Waals surface area contributed by atoms with Gasteiger partial charge in [-0.05, 0) is 43.2 Å². The Kier molecular flexibility index (Phi) is 5.77. The normalized spacial score (nSPS) is 21.5. The summed E-state index contributed by atoms with van der Waals surface area (Å²) in [7, 11) is 3.24. The lowest BCUT2D eigenvalue weighted by Crippen LogP contribution is -3.00. The van der Waals surface area contributed by atoms with Crippen molar-refractivity contribution in [1.82, 2.24) is 0 Å². The van der Waals surface area contributed by atoms with Crippen LogP contribution in [0.5, 0.6) is 11.5 Å². The Hall–Kier alpha value is -2.05. The summed E-state index contributed by atoms with van der Waals surface area (Å²) < 4.78 is 13.0. The number of ether oxygens (including phenoxy) is 2. The fourth-order valence-corrected chi connectivity index (χ4v) is 4.07. The first-order valence-corrected chi connectivity index (χ1v) is 9.08. The van der Waals surface area contributed by atoms with Gasteiger partial charge in [-0.3, -0.25) is 0 Å². The van der Waals surface area contributed by atoms with Gasteiger partial charge in [0.25, 0.3) is 11.6 Å². The molecule has 0 fully saturated rings. The highest BCUT2D eigenvalue weighted by molar-refractivity contribution is 5.96. The Labute approximate surface area is 170 Å². The third-order valence-electron chi connectivity index (χ3n) is 5.39. The molecule has 4 rings (SSSR count). The molecule has 0 saturated carbocycles. The molecule has 2 aromatic rings. The van der Waals surface area contributed by atoms with Crippen molar-refractivity contribution in [1.29, 1.82) is 0 Å². The van der Waals surface area contributed by atoms with Crippen molar-refractivity contribution in [2.45, 2.75) is 25.0 Å². The topological polar surface area (TPSA) is 44.9 Å². The molecule has 2 aliphatic heterocycles. The van der Waals surface area contributed by atoms with Crippen LogP contribution in [0, 0.1) is 0 Å². The summed E-state index contributed by atoms with van der Waals surface area (Å²) in [5, 5.41) is 11.7. The van der Waals surface area contributed by atoms with Crippen LogP contribution >= 0.6 is 0 Å². The molecule has 2 aliphatic rings. The fourth-order valence-electron chi connectivity index (χ4n) is 4.07. The van der Waals surface area contributed by atoms with Gasteiger partial charge < -0.3 is 31.6 Å². The molecule has 6 heteroatoms. The molecule has 0 radical (unpaired) electrons. The molecule has 1 atom stereocenters. The number of β-amino-alcohol motifs (C(OH)–C–C–N with tert-alkyl or cyclic N) is 1. The molecule has 27 heavy (non-hydrogen) atoms. The molecule has 0 saturated heterocycles. The minimum Gasteiger partial charge on any atom is -1.00 e. The summed E-state index contributed by atoms with van der Waals surface area (Å²) >= 11 is 0. The van der Waals surface area contributed by atoms with E-state index in [-0.39, 0.29) is 17.0 Å². The Morgan fingerprint density at radius 3 is 2.44 bits per heavy atom. The van der Waals surface area contributed by atoms with E-state index in [0.717, 1.165) is 37.1 Å². The second-order valence-electron chi connectivity index (χ2n) is 6.83. The van der Waals surface area contributed by atoms with E-state index < -0.39 is 5.72 Å². The molecule has 144 valence electrons. The van der Waals surface area contributed by atoms with Crippen LogP contribution < -0.4 is 31.4 Å². The van der Waals surface area contributed by atoms with E-state index in [2.05, 4.69) is 21.6 Å². The van der Waals surface area contributed by atoms with Gasteiger partial charge in [0.05, 0.1) is 20.8 Å². The van der Waals surface area contributed by atoms with Crippen LogP contribution in [-0.2, 0) is 5.72 Å². The predicted molar refractivity (Wildman–Crippen MR) is 101 cm³/mol. The number of aliphatic hydroxyl groups is 1. The number of hydrogen-bond donors (Lipinski definition) is 1. The van der Waals surface area contributed by atoms with Gasteiger partial charge in [0.15, 0.2) is 18.0 Å². The number of halogens is 1. The van der Waals surface area contributed by atoms with Crippen molar-refractivity contribution in [3.63, 3.8) is 0 Å². The number of methoxy groups -OCH3 is 2. The molecule has 0 spiro atoms. The van der Waals surface area contributed by atoms with Gasteiger partial charge in [0.2, 0.25) is 0 Å². The zero-order valence-corrected chi connectivity index (χ0v) is 17.3. The SMILES string of the molecule is COc1ccc(C2(O)CN(c3ccccc3)C3=[N+]2CCCC3)cc1OC.[Br-]. The first kappa shape index (κ1) is 19.7. The van der Waals surface area contributed by atoms with Gasteiger partial charge in [0.1, 0.15) is 5.69 Å². The first-order chi connectivity index (χ1) is 12.7. The van der Waals surface area contributed by atoms with Gasteiger partial charge in [0, 0.05) is 12.0 Å². The average Bonchev–Trinajstić information content (AvgIpc) is 3.02. The molecule has 1 unspecified atom stereocenters. The highest BCUT2D eigenvalue weighted by Crippen LogP contribution is 2.38. The Bertz CT molecular complexity index is 841. The fraction of sp³-hybridized carbons (Fsp3) is 0.381. The third-order valence-corrected chi connectivity index (χ3v) is 5.39. The maximum Gasteiger partial charge on any atom is 0.271 e. The maximum atomic E-state index is 11.7. The second-order valence-corrected chi connectivity index (χ2v) is 6.83. The highest BCUT2D eigenvalue weighted by Gasteiger charge is 2.52. The monoisotopic (exact) mass is 432 g/mol. The molecule has 2 heterocycles. The smallest absolute Gasteiger partial charge is 0.271 e. The van der Waals surface area contributed by atoms with Crippen LogP contribution in [0.15, 0.2) is 48.5 Å². The van der Waals surface area contributed by atoms with Crippen molar-refractivity contribution in [3.8, 4) is 11.5 Å². The summed E-state index contributed by atoms with van der Waals surface area (Å²) in [6, 6.07) is 16.0. The largest absolute Gasteiger partial charge is 1.00 e. The average molecular weight is 433 g/mol. The van der Waals surface area contributed by atoms with Crippen LogP contribution in [0.2, 0.25) is 0 Å². The van der Waals surface area contributed by atoms with E-state index in [1.165, 1.54) is 5.84 Å². The zero-order chi connectivity index (χ0) is 18.1. The molecule has 0 amide bonds. The summed E-state index contributed by atoms with van der Waals surface area (Å²) in [6.45, 7) is 1.35. The molecular formula is C21H25BrN2O3. The van der Waals surface area contributed by atoms with E-state index in [4.69, 9.17) is 9.47 Å². The molecule has 5 nitrogen and oxygen atoms in total. The second kappa shape index (κ2) is 7.90. The minimum absolute atomic E-state index is 0. The van der Waals surface area contributed by atoms with Gasteiger partial charge in [-0.15, -0.1) is 0 Å². The minimum atomic E-state index is -1.08. The van der Waals surface area contributed by atoms with Crippen LogP contribution in [0.25, 0.3) is 0 Å². The number of benzene rings is 2. The van der Waals surface area contributed by atoms with Gasteiger partial charge in [-0.1, -0.05) is 18.2 Å². The molecule has 2 aromatic carbocycles. The molecule has 0 bridgehead atoms. The molecule has 0 aliphatic carbocycles. The van der Waals surface area contributed by atoms with Crippen molar-refractivity contribution >= 4 is 11.5 Å². The lowest BCUT2D eigenvalue weighted by Gasteiger charge is -2.25. The van der Waals surface area contributed by atoms with E-state index in [0.29, 0.717) is 18.0 Å². The highest BCUT2D eigenvalue weighted by atomic mass is 79.9. The van der Waals surface area contributed by atoms with Gasteiger partial charge in [-0.2, -0.15) is 0 Å². The van der Waals surface area contributed by atoms with Crippen LogP contribution in [-0.4, -0.2) is 42.8 Å². The lowest BCUT2D eigenvalue weighted by atomic mass is 10.0. The summed E-state index contributed by atoms with van der Waals surface area (Å²) in [5.41, 5.74) is 0.865. The molecular weight excluding hydrogens is 408 g/mol. The van der Waals surface area contributed by atoms with Gasteiger partial charge >= 0.3 is 0 Å². The number of para-hydroxylation sites is 1. The standard InChI is InChI=1S/C21H25N2O3.BrH/c1-25-18-12-11-16(14-19(18)26-2)21(24)15-22(17-8-4-3-5-9-17)20-10-6-7-13-23(20)21;/h3-5,8-9,11-12,14,24H,6-7,10,13,15H2,1-2H3;1H/q+1;/p-1. The van der Waals surface area contributed by atoms with E-state index >= 15 is 0 Å². The van der Waals surface area contributed by atoms with E-state index in [1.54, 1.807) is 14.2 Å². The Morgan fingerprint density at radius 2 is 1.74 bits per heavy atom.